The lowest BCUT2D eigenvalue weighted by Gasteiger charge is -2.08. The third-order valence-electron chi connectivity index (χ3n) is 2.61. The van der Waals surface area contributed by atoms with Gasteiger partial charge in [-0.05, 0) is 72.0 Å². The average Bonchev–Trinajstić information content (AvgIpc) is 2.43. The maximum absolute atomic E-state index is 12.1. The molecular weight excluding hydrogens is 389 g/mol. The van der Waals surface area contributed by atoms with Crippen LogP contribution >= 0.6 is 34.2 Å². The van der Waals surface area contributed by atoms with Crippen LogP contribution in [0, 0.1) is 3.57 Å². The van der Waals surface area contributed by atoms with E-state index in [1.54, 1.807) is 36.4 Å². The molecular formula is C15H13ClINO2. The molecule has 0 aromatic heterocycles. The lowest BCUT2D eigenvalue weighted by Crippen LogP contribution is -2.12. The van der Waals surface area contributed by atoms with Gasteiger partial charge >= 0.3 is 0 Å². The second-order valence-corrected chi connectivity index (χ2v) is 5.69. The highest BCUT2D eigenvalue weighted by atomic mass is 127. The van der Waals surface area contributed by atoms with Crippen molar-refractivity contribution in [1.29, 1.82) is 0 Å². The molecule has 0 fully saturated rings. The van der Waals surface area contributed by atoms with Gasteiger partial charge in [0.05, 0.1) is 17.3 Å². The zero-order valence-corrected chi connectivity index (χ0v) is 13.7. The monoisotopic (exact) mass is 401 g/mol. The SMILES string of the molecule is CCOc1ccc(C(=O)Nc2ccc(I)cc2Cl)cc1. The van der Waals surface area contributed by atoms with Gasteiger partial charge in [-0.3, -0.25) is 4.79 Å². The average molecular weight is 402 g/mol. The molecule has 104 valence electrons. The van der Waals surface area contributed by atoms with Crippen molar-refractivity contribution in [2.75, 3.05) is 11.9 Å². The molecule has 0 aliphatic carbocycles. The Hall–Kier alpha value is -1.27. The van der Waals surface area contributed by atoms with E-state index in [9.17, 15) is 4.79 Å². The zero-order valence-electron chi connectivity index (χ0n) is 10.8. The normalized spacial score (nSPS) is 10.2. The van der Waals surface area contributed by atoms with E-state index in [-0.39, 0.29) is 5.91 Å². The minimum atomic E-state index is -0.198. The highest BCUT2D eigenvalue weighted by Crippen LogP contribution is 2.24. The third kappa shape index (κ3) is 3.86. The largest absolute Gasteiger partial charge is 0.494 e. The van der Waals surface area contributed by atoms with E-state index in [0.29, 0.717) is 22.9 Å². The van der Waals surface area contributed by atoms with Crippen LogP contribution in [0.4, 0.5) is 5.69 Å². The van der Waals surface area contributed by atoms with Gasteiger partial charge < -0.3 is 10.1 Å². The number of halogens is 2. The molecule has 0 atom stereocenters. The summed E-state index contributed by atoms with van der Waals surface area (Å²) in [6.45, 7) is 2.52. The topological polar surface area (TPSA) is 38.3 Å². The number of nitrogens with one attached hydrogen (secondary N) is 1. The van der Waals surface area contributed by atoms with Crippen LogP contribution in [0.1, 0.15) is 17.3 Å². The van der Waals surface area contributed by atoms with E-state index in [1.807, 2.05) is 13.0 Å². The van der Waals surface area contributed by atoms with E-state index < -0.39 is 0 Å². The van der Waals surface area contributed by atoms with E-state index in [2.05, 4.69) is 27.9 Å². The molecule has 2 aromatic carbocycles. The van der Waals surface area contributed by atoms with Crippen LogP contribution < -0.4 is 10.1 Å². The summed E-state index contributed by atoms with van der Waals surface area (Å²) < 4.78 is 6.36. The van der Waals surface area contributed by atoms with Crippen molar-refractivity contribution < 1.29 is 9.53 Å². The molecule has 2 rings (SSSR count). The maximum Gasteiger partial charge on any atom is 0.255 e. The Bertz CT molecular complexity index is 614. The number of carbonyl (C=O) groups is 1. The molecule has 0 saturated carbocycles. The Kier molecular flexibility index (Phi) is 5.25. The molecule has 0 aliphatic rings. The fraction of sp³-hybridized carbons (Fsp3) is 0.133. The molecule has 0 saturated heterocycles. The summed E-state index contributed by atoms with van der Waals surface area (Å²) in [4.78, 5) is 12.1. The predicted octanol–water partition coefficient (Wildman–Crippen LogP) is 4.60. The van der Waals surface area contributed by atoms with Gasteiger partial charge in [0.2, 0.25) is 0 Å². The molecule has 0 bridgehead atoms. The third-order valence-corrected chi connectivity index (χ3v) is 3.59. The number of hydrogen-bond donors (Lipinski definition) is 1. The van der Waals surface area contributed by atoms with Gasteiger partial charge in [0, 0.05) is 9.13 Å². The number of benzene rings is 2. The minimum absolute atomic E-state index is 0.198. The summed E-state index contributed by atoms with van der Waals surface area (Å²) in [6, 6.07) is 12.5. The van der Waals surface area contributed by atoms with Crippen molar-refractivity contribution in [3.63, 3.8) is 0 Å². The number of rotatable bonds is 4. The molecule has 0 heterocycles. The van der Waals surface area contributed by atoms with Gasteiger partial charge in [0.1, 0.15) is 5.75 Å². The molecule has 1 N–H and O–H groups in total. The summed E-state index contributed by atoms with van der Waals surface area (Å²) in [7, 11) is 0. The van der Waals surface area contributed by atoms with E-state index in [1.165, 1.54) is 0 Å². The smallest absolute Gasteiger partial charge is 0.255 e. The lowest BCUT2D eigenvalue weighted by atomic mass is 10.2. The van der Waals surface area contributed by atoms with Crippen molar-refractivity contribution >= 4 is 45.8 Å². The van der Waals surface area contributed by atoms with E-state index >= 15 is 0 Å². The lowest BCUT2D eigenvalue weighted by molar-refractivity contribution is 0.102. The zero-order chi connectivity index (χ0) is 14.5. The van der Waals surface area contributed by atoms with Gasteiger partial charge in [-0.1, -0.05) is 11.6 Å². The number of ether oxygens (including phenoxy) is 1. The van der Waals surface area contributed by atoms with Crippen LogP contribution in [0.15, 0.2) is 42.5 Å². The highest BCUT2D eigenvalue weighted by Gasteiger charge is 2.08. The standard InChI is InChI=1S/C15H13ClINO2/c1-2-20-12-6-3-10(4-7-12)15(19)18-14-8-5-11(17)9-13(14)16/h3-9H,2H2,1H3,(H,18,19). The number of hydrogen-bond acceptors (Lipinski definition) is 2. The summed E-state index contributed by atoms with van der Waals surface area (Å²) in [6.07, 6.45) is 0. The summed E-state index contributed by atoms with van der Waals surface area (Å²) in [5, 5.41) is 3.31. The Morgan fingerprint density at radius 2 is 1.95 bits per heavy atom. The molecule has 0 unspecified atom stereocenters. The van der Waals surface area contributed by atoms with Crippen molar-refractivity contribution in [2.45, 2.75) is 6.92 Å². The minimum Gasteiger partial charge on any atom is -0.494 e. The van der Waals surface area contributed by atoms with Crippen molar-refractivity contribution in [1.82, 2.24) is 0 Å². The summed E-state index contributed by atoms with van der Waals surface area (Å²) >= 11 is 8.26. The molecule has 1 amide bonds. The Labute approximate surface area is 136 Å². The predicted molar refractivity (Wildman–Crippen MR) is 89.7 cm³/mol. The summed E-state index contributed by atoms with van der Waals surface area (Å²) in [5.41, 5.74) is 1.16. The van der Waals surface area contributed by atoms with Crippen LogP contribution in [0.5, 0.6) is 5.75 Å². The van der Waals surface area contributed by atoms with Crippen molar-refractivity contribution in [2.24, 2.45) is 0 Å². The fourth-order valence-electron chi connectivity index (χ4n) is 1.65. The first-order valence-corrected chi connectivity index (χ1v) is 7.55. The molecule has 3 nitrogen and oxygen atoms in total. The van der Waals surface area contributed by atoms with Gasteiger partial charge in [-0.15, -0.1) is 0 Å². The number of amides is 1. The molecule has 20 heavy (non-hydrogen) atoms. The van der Waals surface area contributed by atoms with E-state index in [0.717, 1.165) is 9.32 Å². The van der Waals surface area contributed by atoms with Crippen LogP contribution in [-0.4, -0.2) is 12.5 Å². The Morgan fingerprint density at radius 1 is 1.25 bits per heavy atom. The molecule has 0 spiro atoms. The van der Waals surface area contributed by atoms with Crippen LogP contribution in [-0.2, 0) is 0 Å². The van der Waals surface area contributed by atoms with Crippen molar-refractivity contribution in [3.05, 3.63) is 56.6 Å². The first-order valence-electron chi connectivity index (χ1n) is 6.09. The fourth-order valence-corrected chi connectivity index (χ4v) is 2.56. The quantitative estimate of drug-likeness (QED) is 0.761. The molecule has 0 aliphatic heterocycles. The van der Waals surface area contributed by atoms with E-state index in [4.69, 9.17) is 16.3 Å². The maximum atomic E-state index is 12.1. The van der Waals surface area contributed by atoms with Gasteiger partial charge in [0.15, 0.2) is 0 Å². The van der Waals surface area contributed by atoms with Gasteiger partial charge in [0.25, 0.3) is 5.91 Å². The summed E-state index contributed by atoms with van der Waals surface area (Å²) in [5.74, 6) is 0.549. The first kappa shape index (κ1) is 15.1. The second kappa shape index (κ2) is 6.95. The van der Waals surface area contributed by atoms with Crippen molar-refractivity contribution in [3.8, 4) is 5.75 Å². The highest BCUT2D eigenvalue weighted by molar-refractivity contribution is 14.1. The van der Waals surface area contributed by atoms with Crippen LogP contribution in [0.3, 0.4) is 0 Å². The molecule has 5 heteroatoms. The van der Waals surface area contributed by atoms with Crippen LogP contribution in [0.2, 0.25) is 5.02 Å². The number of anilines is 1. The van der Waals surface area contributed by atoms with Crippen LogP contribution in [0.25, 0.3) is 0 Å². The second-order valence-electron chi connectivity index (χ2n) is 4.04. The Balaban J connectivity index is 2.11. The first-order chi connectivity index (χ1) is 9.60. The number of carbonyl (C=O) groups excluding carboxylic acids is 1. The van der Waals surface area contributed by atoms with Gasteiger partial charge in [-0.2, -0.15) is 0 Å². The Morgan fingerprint density at radius 3 is 2.55 bits per heavy atom. The molecule has 0 radical (unpaired) electrons. The van der Waals surface area contributed by atoms with Gasteiger partial charge in [-0.25, -0.2) is 0 Å². The molecule has 2 aromatic rings.